The van der Waals surface area contributed by atoms with Crippen LogP contribution >= 0.6 is 0 Å². The average molecular weight is 253 g/mol. The van der Waals surface area contributed by atoms with Crippen LogP contribution in [0.5, 0.6) is 0 Å². The minimum absolute atomic E-state index is 0.451. The van der Waals surface area contributed by atoms with Gasteiger partial charge in [-0.2, -0.15) is 0 Å². The topological polar surface area (TPSA) is 40.5 Å². The molecule has 0 radical (unpaired) electrons. The number of rotatable bonds is 3. The van der Waals surface area contributed by atoms with Crippen molar-refractivity contribution in [2.75, 3.05) is 19.6 Å². The van der Waals surface area contributed by atoms with Gasteiger partial charge in [-0.25, -0.2) is 0 Å². The third-order valence-electron chi connectivity index (χ3n) is 5.09. The van der Waals surface area contributed by atoms with Crippen LogP contribution in [0.15, 0.2) is 0 Å². The van der Waals surface area contributed by atoms with E-state index in [1.54, 1.807) is 0 Å². The zero-order valence-corrected chi connectivity index (χ0v) is 11.8. The lowest BCUT2D eigenvalue weighted by Gasteiger charge is -2.41. The van der Waals surface area contributed by atoms with Crippen LogP contribution in [0, 0.1) is 17.3 Å². The standard InChI is InChI=1S/C15H27NO2/c1-12-3-7-15(8-4-12,14(17)18)11-16-9-5-13(2)6-10-16/h12-13H,3-11H2,1-2H3,(H,17,18). The average Bonchev–Trinajstić information content (AvgIpc) is 2.35. The normalized spacial score (nSPS) is 35.6. The Bertz CT molecular complexity index is 287. The molecule has 1 saturated heterocycles. The lowest BCUT2D eigenvalue weighted by Crippen LogP contribution is -2.47. The van der Waals surface area contributed by atoms with E-state index in [2.05, 4.69) is 18.7 Å². The number of hydrogen-bond donors (Lipinski definition) is 1. The molecule has 0 aromatic carbocycles. The molecular formula is C15H27NO2. The van der Waals surface area contributed by atoms with Crippen LogP contribution in [-0.2, 0) is 4.79 Å². The fourth-order valence-corrected chi connectivity index (χ4v) is 3.40. The Kier molecular flexibility index (Phi) is 4.31. The molecule has 2 fully saturated rings. The Labute approximate surface area is 111 Å². The molecular weight excluding hydrogens is 226 g/mol. The summed E-state index contributed by atoms with van der Waals surface area (Å²) in [7, 11) is 0. The summed E-state index contributed by atoms with van der Waals surface area (Å²) in [5, 5.41) is 9.63. The summed E-state index contributed by atoms with van der Waals surface area (Å²) in [6, 6.07) is 0. The molecule has 1 aliphatic heterocycles. The van der Waals surface area contributed by atoms with Crippen molar-refractivity contribution >= 4 is 5.97 Å². The Morgan fingerprint density at radius 2 is 1.61 bits per heavy atom. The highest BCUT2D eigenvalue weighted by molar-refractivity contribution is 5.75. The fourth-order valence-electron chi connectivity index (χ4n) is 3.40. The van der Waals surface area contributed by atoms with Crippen molar-refractivity contribution in [1.82, 2.24) is 4.90 Å². The molecule has 0 unspecified atom stereocenters. The minimum atomic E-state index is -0.562. The summed E-state index contributed by atoms with van der Waals surface area (Å²) in [5.41, 5.74) is -0.451. The predicted octanol–water partition coefficient (Wildman–Crippen LogP) is 3.00. The fraction of sp³-hybridized carbons (Fsp3) is 0.933. The van der Waals surface area contributed by atoms with E-state index in [-0.39, 0.29) is 0 Å². The number of hydrogen-bond acceptors (Lipinski definition) is 2. The first-order valence-electron chi connectivity index (χ1n) is 7.47. The van der Waals surface area contributed by atoms with E-state index in [0.29, 0.717) is 5.92 Å². The second-order valence-corrected chi connectivity index (χ2v) is 6.73. The van der Waals surface area contributed by atoms with Gasteiger partial charge in [-0.05, 0) is 63.5 Å². The monoisotopic (exact) mass is 253 g/mol. The Morgan fingerprint density at radius 3 is 2.11 bits per heavy atom. The van der Waals surface area contributed by atoms with Crippen LogP contribution in [0.25, 0.3) is 0 Å². The number of piperidine rings is 1. The molecule has 104 valence electrons. The van der Waals surface area contributed by atoms with Gasteiger partial charge >= 0.3 is 5.97 Å². The molecule has 0 amide bonds. The molecule has 3 nitrogen and oxygen atoms in total. The van der Waals surface area contributed by atoms with Crippen molar-refractivity contribution in [3.05, 3.63) is 0 Å². The van der Waals surface area contributed by atoms with Crippen LogP contribution in [-0.4, -0.2) is 35.6 Å². The van der Waals surface area contributed by atoms with E-state index in [9.17, 15) is 9.90 Å². The SMILES string of the molecule is CC1CCN(CC2(C(=O)O)CCC(C)CC2)CC1. The molecule has 0 aromatic rings. The zero-order valence-electron chi connectivity index (χ0n) is 11.8. The quantitative estimate of drug-likeness (QED) is 0.840. The van der Waals surface area contributed by atoms with Gasteiger partial charge in [0.05, 0.1) is 5.41 Å². The molecule has 18 heavy (non-hydrogen) atoms. The minimum Gasteiger partial charge on any atom is -0.481 e. The molecule has 0 spiro atoms. The Balaban J connectivity index is 1.96. The second-order valence-electron chi connectivity index (χ2n) is 6.73. The summed E-state index contributed by atoms with van der Waals surface area (Å²) in [4.78, 5) is 14.1. The van der Waals surface area contributed by atoms with Crippen molar-refractivity contribution < 1.29 is 9.90 Å². The second kappa shape index (κ2) is 5.60. The molecule has 0 atom stereocenters. The van der Waals surface area contributed by atoms with E-state index in [0.717, 1.165) is 51.2 Å². The smallest absolute Gasteiger partial charge is 0.310 e. The van der Waals surface area contributed by atoms with Gasteiger partial charge in [-0.3, -0.25) is 4.79 Å². The summed E-state index contributed by atoms with van der Waals surface area (Å²) in [5.74, 6) is 0.959. The molecule has 3 heteroatoms. The molecule has 1 aliphatic carbocycles. The highest BCUT2D eigenvalue weighted by Crippen LogP contribution is 2.40. The number of carboxylic acid groups (broad SMARTS) is 1. The third-order valence-corrected chi connectivity index (χ3v) is 5.09. The zero-order chi connectivity index (χ0) is 13.2. The molecule has 1 N–H and O–H groups in total. The van der Waals surface area contributed by atoms with Crippen LogP contribution in [0.1, 0.15) is 52.4 Å². The van der Waals surface area contributed by atoms with Gasteiger partial charge in [0.1, 0.15) is 0 Å². The summed E-state index contributed by atoms with van der Waals surface area (Å²) in [6.45, 7) is 7.50. The van der Waals surface area contributed by atoms with Crippen molar-refractivity contribution in [2.24, 2.45) is 17.3 Å². The van der Waals surface area contributed by atoms with Gasteiger partial charge in [-0.1, -0.05) is 13.8 Å². The summed E-state index contributed by atoms with van der Waals surface area (Å²) < 4.78 is 0. The number of carboxylic acids is 1. The van der Waals surface area contributed by atoms with E-state index in [1.807, 2.05) is 0 Å². The van der Waals surface area contributed by atoms with Crippen LogP contribution in [0.2, 0.25) is 0 Å². The van der Waals surface area contributed by atoms with E-state index in [1.165, 1.54) is 12.8 Å². The molecule has 1 saturated carbocycles. The van der Waals surface area contributed by atoms with Gasteiger partial charge in [0.15, 0.2) is 0 Å². The first kappa shape index (κ1) is 13.9. The number of aliphatic carboxylic acids is 1. The first-order valence-corrected chi connectivity index (χ1v) is 7.47. The Morgan fingerprint density at radius 1 is 1.11 bits per heavy atom. The van der Waals surface area contributed by atoms with Crippen LogP contribution in [0.4, 0.5) is 0 Å². The molecule has 1 heterocycles. The maximum atomic E-state index is 11.7. The summed E-state index contributed by atoms with van der Waals surface area (Å²) in [6.07, 6.45) is 6.36. The van der Waals surface area contributed by atoms with Crippen LogP contribution in [0.3, 0.4) is 0 Å². The van der Waals surface area contributed by atoms with Gasteiger partial charge in [-0.15, -0.1) is 0 Å². The van der Waals surface area contributed by atoms with Crippen molar-refractivity contribution in [3.63, 3.8) is 0 Å². The third kappa shape index (κ3) is 3.05. The van der Waals surface area contributed by atoms with E-state index in [4.69, 9.17) is 0 Å². The maximum Gasteiger partial charge on any atom is 0.310 e. The maximum absolute atomic E-state index is 11.7. The largest absolute Gasteiger partial charge is 0.481 e. The van der Waals surface area contributed by atoms with Crippen molar-refractivity contribution in [3.8, 4) is 0 Å². The number of likely N-dealkylation sites (tertiary alicyclic amines) is 1. The highest BCUT2D eigenvalue weighted by Gasteiger charge is 2.42. The van der Waals surface area contributed by atoms with Gasteiger partial charge in [0.2, 0.25) is 0 Å². The lowest BCUT2D eigenvalue weighted by molar-refractivity contribution is -0.153. The first-order chi connectivity index (χ1) is 8.52. The Hall–Kier alpha value is -0.570. The van der Waals surface area contributed by atoms with E-state index >= 15 is 0 Å². The summed E-state index contributed by atoms with van der Waals surface area (Å²) >= 11 is 0. The van der Waals surface area contributed by atoms with Gasteiger partial charge in [0.25, 0.3) is 0 Å². The molecule has 2 rings (SSSR count). The molecule has 2 aliphatic rings. The number of nitrogens with zero attached hydrogens (tertiary/aromatic N) is 1. The van der Waals surface area contributed by atoms with Gasteiger partial charge in [0, 0.05) is 6.54 Å². The molecule has 0 bridgehead atoms. The molecule has 0 aromatic heterocycles. The lowest BCUT2D eigenvalue weighted by atomic mass is 9.70. The number of carbonyl (C=O) groups is 1. The van der Waals surface area contributed by atoms with Crippen LogP contribution < -0.4 is 0 Å². The van der Waals surface area contributed by atoms with Gasteiger partial charge < -0.3 is 10.0 Å². The highest BCUT2D eigenvalue weighted by atomic mass is 16.4. The van der Waals surface area contributed by atoms with Crippen molar-refractivity contribution in [2.45, 2.75) is 52.4 Å². The van der Waals surface area contributed by atoms with E-state index < -0.39 is 11.4 Å². The van der Waals surface area contributed by atoms with Crippen molar-refractivity contribution in [1.29, 1.82) is 0 Å². The predicted molar refractivity (Wildman–Crippen MR) is 72.5 cm³/mol.